The first-order valence-corrected chi connectivity index (χ1v) is 17.2. The van der Waals surface area contributed by atoms with Crippen LogP contribution in [0.2, 0.25) is 0 Å². The highest BCUT2D eigenvalue weighted by atomic mass is 16.5. The van der Waals surface area contributed by atoms with E-state index in [1.54, 1.807) is 12.1 Å². The Balaban J connectivity index is 1.50. The van der Waals surface area contributed by atoms with E-state index in [0.29, 0.717) is 31.4 Å². The van der Waals surface area contributed by atoms with Gasteiger partial charge in [-0.25, -0.2) is 0 Å². The molecule has 1 fully saturated rings. The molecule has 0 unspecified atom stereocenters. The van der Waals surface area contributed by atoms with Gasteiger partial charge in [0.25, 0.3) is 5.91 Å². The zero-order chi connectivity index (χ0) is 35.1. The summed E-state index contributed by atoms with van der Waals surface area (Å²) in [6.45, 7) is 6.97. The van der Waals surface area contributed by atoms with Crippen LogP contribution in [0.15, 0.2) is 98.1 Å². The minimum Gasteiger partial charge on any atom is -0.463 e. The Kier molecular flexibility index (Phi) is 14.1. The molecule has 1 aliphatic carbocycles. The largest absolute Gasteiger partial charge is 0.463 e. The van der Waals surface area contributed by atoms with Gasteiger partial charge in [0.1, 0.15) is 12.6 Å². The van der Waals surface area contributed by atoms with Gasteiger partial charge in [-0.1, -0.05) is 85.7 Å². The monoisotopic (exact) mass is 667 g/mol. The topological polar surface area (TPSA) is 134 Å². The number of nitrogens with one attached hydrogen (secondary N) is 3. The Bertz CT molecular complexity index is 1580. The van der Waals surface area contributed by atoms with Crippen molar-refractivity contribution >= 4 is 40.2 Å². The van der Waals surface area contributed by atoms with E-state index in [0.717, 1.165) is 42.0 Å². The van der Waals surface area contributed by atoms with Gasteiger partial charge in [0.2, 0.25) is 11.8 Å². The summed E-state index contributed by atoms with van der Waals surface area (Å²) in [7, 11) is 0. The normalized spacial score (nSPS) is 15.4. The average molecular weight is 668 g/mol. The number of aliphatic hydroxyl groups is 1. The molecule has 0 saturated heterocycles. The van der Waals surface area contributed by atoms with Crippen molar-refractivity contribution in [2.24, 2.45) is 11.8 Å². The minimum absolute atomic E-state index is 0.152. The van der Waals surface area contributed by atoms with Crippen LogP contribution in [0.1, 0.15) is 63.4 Å². The molecular formula is C40H49N3O6. The highest BCUT2D eigenvalue weighted by Gasteiger charge is 2.36. The fourth-order valence-electron chi connectivity index (χ4n) is 6.39. The molecule has 0 radical (unpaired) electrons. The van der Waals surface area contributed by atoms with Crippen LogP contribution in [-0.4, -0.2) is 53.6 Å². The lowest BCUT2D eigenvalue weighted by molar-refractivity contribution is -0.151. The second-order valence-corrected chi connectivity index (χ2v) is 13.0. The van der Waals surface area contributed by atoms with Crippen molar-refractivity contribution in [1.82, 2.24) is 10.6 Å². The van der Waals surface area contributed by atoms with Crippen LogP contribution in [0.25, 0.3) is 10.8 Å². The summed E-state index contributed by atoms with van der Waals surface area (Å²) in [4.78, 5) is 54.0. The number of rotatable bonds is 19. The van der Waals surface area contributed by atoms with Crippen molar-refractivity contribution in [2.75, 3.05) is 18.5 Å². The third kappa shape index (κ3) is 11.1. The van der Waals surface area contributed by atoms with Crippen molar-refractivity contribution < 1.29 is 29.0 Å². The second kappa shape index (κ2) is 18.7. The number of carbonyl (C=O) groups excluding carboxylic acids is 4. The van der Waals surface area contributed by atoms with Crippen molar-refractivity contribution in [1.29, 1.82) is 0 Å². The molecule has 1 saturated carbocycles. The molecule has 1 aliphatic rings. The van der Waals surface area contributed by atoms with E-state index in [4.69, 9.17) is 4.74 Å². The molecule has 0 bridgehead atoms. The fourth-order valence-corrected chi connectivity index (χ4v) is 6.39. The molecule has 0 spiro atoms. The summed E-state index contributed by atoms with van der Waals surface area (Å²) in [6.07, 6.45) is 9.12. The standard InChI is InChI=1S/C40H49N3O6/c1-3-5-7-19-33(24-29-15-8-6-9-16-29)39(48)49-27-35(38(47)41-34-21-20-30-17-10-11-18-31(30)25-34)42-37(46)32(14-4-2)26-36(45)43-40(28-44)22-12-13-23-40/h3-4,6,8-11,15-18,20-21,25,32-33,35,44H,1-2,5,7,12-14,19,22-24,26-28H2,(H,41,47)(H,42,46)(H,43,45)/t32-,33+,35-/m0/s1. The Morgan fingerprint density at radius 1 is 0.878 bits per heavy atom. The Morgan fingerprint density at radius 3 is 2.29 bits per heavy atom. The number of aliphatic hydroxyl groups excluding tert-OH is 1. The number of hydrogen-bond acceptors (Lipinski definition) is 6. The Labute approximate surface area is 289 Å². The maximum Gasteiger partial charge on any atom is 0.309 e. The van der Waals surface area contributed by atoms with Gasteiger partial charge in [-0.3, -0.25) is 19.2 Å². The molecular weight excluding hydrogens is 618 g/mol. The zero-order valence-corrected chi connectivity index (χ0v) is 28.2. The van der Waals surface area contributed by atoms with E-state index in [1.807, 2.05) is 72.8 Å². The fraction of sp³-hybridized carbons (Fsp3) is 0.400. The molecule has 0 heterocycles. The molecule has 3 aromatic rings. The molecule has 3 atom stereocenters. The Hall–Kier alpha value is -4.76. The van der Waals surface area contributed by atoms with Crippen molar-refractivity contribution in [2.45, 2.75) is 75.8 Å². The lowest BCUT2D eigenvalue weighted by atomic mass is 9.94. The summed E-state index contributed by atoms with van der Waals surface area (Å²) in [5.74, 6) is -3.20. The maximum absolute atomic E-state index is 13.7. The third-order valence-electron chi connectivity index (χ3n) is 9.18. The van der Waals surface area contributed by atoms with E-state index >= 15 is 0 Å². The number of hydrogen-bond donors (Lipinski definition) is 4. The average Bonchev–Trinajstić information content (AvgIpc) is 3.58. The summed E-state index contributed by atoms with van der Waals surface area (Å²) >= 11 is 0. The van der Waals surface area contributed by atoms with Gasteiger partial charge in [0.05, 0.1) is 24.0 Å². The van der Waals surface area contributed by atoms with E-state index in [9.17, 15) is 24.3 Å². The lowest BCUT2D eigenvalue weighted by Crippen LogP contribution is -2.52. The van der Waals surface area contributed by atoms with Gasteiger partial charge in [-0.15, -0.1) is 13.2 Å². The predicted molar refractivity (Wildman–Crippen MR) is 192 cm³/mol. The minimum atomic E-state index is -1.23. The Morgan fingerprint density at radius 2 is 1.59 bits per heavy atom. The molecule has 3 amide bonds. The summed E-state index contributed by atoms with van der Waals surface area (Å²) in [6, 6.07) is 21.7. The number of unbranched alkanes of at least 4 members (excludes halogenated alkanes) is 1. The molecule has 4 rings (SSSR count). The SMILES string of the molecule is C=CCCC[C@H](Cc1ccccc1)C(=O)OC[C@H](NC(=O)[C@@H](CC=C)CC(=O)NC1(CO)CCCC1)C(=O)Nc1ccc2ccccc2c1. The molecule has 0 aromatic heterocycles. The molecule has 3 aromatic carbocycles. The summed E-state index contributed by atoms with van der Waals surface area (Å²) in [5, 5.41) is 20.5. The lowest BCUT2D eigenvalue weighted by Gasteiger charge is -2.29. The first kappa shape index (κ1) is 37.1. The number of ether oxygens (including phenoxy) is 1. The van der Waals surface area contributed by atoms with E-state index in [1.165, 1.54) is 0 Å². The smallest absolute Gasteiger partial charge is 0.309 e. The molecule has 0 aliphatic heterocycles. The number of carbonyl (C=O) groups is 4. The van der Waals surface area contributed by atoms with Gasteiger partial charge in [-0.05, 0) is 73.4 Å². The summed E-state index contributed by atoms with van der Waals surface area (Å²) < 4.78 is 5.77. The number of fused-ring (bicyclic) bond motifs is 1. The van der Waals surface area contributed by atoms with Crippen LogP contribution in [0.4, 0.5) is 5.69 Å². The number of allylic oxidation sites excluding steroid dienone is 2. The third-order valence-corrected chi connectivity index (χ3v) is 9.18. The number of esters is 1. The van der Waals surface area contributed by atoms with Crippen LogP contribution in [0.5, 0.6) is 0 Å². The summed E-state index contributed by atoms with van der Waals surface area (Å²) in [5.41, 5.74) is 0.840. The molecule has 49 heavy (non-hydrogen) atoms. The first-order chi connectivity index (χ1) is 23.8. The highest BCUT2D eigenvalue weighted by molar-refractivity contribution is 5.99. The molecule has 260 valence electrons. The van der Waals surface area contributed by atoms with Crippen LogP contribution < -0.4 is 16.0 Å². The van der Waals surface area contributed by atoms with Gasteiger partial charge in [-0.2, -0.15) is 0 Å². The van der Waals surface area contributed by atoms with Crippen LogP contribution in [-0.2, 0) is 30.3 Å². The van der Waals surface area contributed by atoms with Crippen molar-refractivity contribution in [3.8, 4) is 0 Å². The molecule has 9 heteroatoms. The van der Waals surface area contributed by atoms with E-state index in [2.05, 4.69) is 29.1 Å². The molecule has 9 nitrogen and oxygen atoms in total. The highest BCUT2D eigenvalue weighted by Crippen LogP contribution is 2.29. The predicted octanol–water partition coefficient (Wildman–Crippen LogP) is 6.03. The van der Waals surface area contributed by atoms with E-state index < -0.39 is 47.8 Å². The van der Waals surface area contributed by atoms with Gasteiger partial charge in [0.15, 0.2) is 0 Å². The van der Waals surface area contributed by atoms with Gasteiger partial charge in [0, 0.05) is 12.1 Å². The number of anilines is 1. The van der Waals surface area contributed by atoms with Crippen molar-refractivity contribution in [3.63, 3.8) is 0 Å². The number of benzene rings is 3. The first-order valence-electron chi connectivity index (χ1n) is 17.2. The van der Waals surface area contributed by atoms with Gasteiger partial charge < -0.3 is 25.8 Å². The maximum atomic E-state index is 13.7. The zero-order valence-electron chi connectivity index (χ0n) is 28.2. The second-order valence-electron chi connectivity index (χ2n) is 13.0. The van der Waals surface area contributed by atoms with Crippen LogP contribution in [0, 0.1) is 11.8 Å². The van der Waals surface area contributed by atoms with E-state index in [-0.39, 0.29) is 25.4 Å². The van der Waals surface area contributed by atoms with Gasteiger partial charge >= 0.3 is 5.97 Å². The molecule has 4 N–H and O–H groups in total. The van der Waals surface area contributed by atoms with Crippen LogP contribution in [0.3, 0.4) is 0 Å². The van der Waals surface area contributed by atoms with Crippen molar-refractivity contribution in [3.05, 3.63) is 104 Å². The quantitative estimate of drug-likeness (QED) is 0.0702. The van der Waals surface area contributed by atoms with Crippen LogP contribution >= 0.6 is 0 Å². The number of amides is 3.